The van der Waals surface area contributed by atoms with Crippen LogP contribution >= 0.6 is 0 Å². The van der Waals surface area contributed by atoms with Crippen molar-refractivity contribution in [3.8, 4) is 0 Å². The van der Waals surface area contributed by atoms with Crippen molar-refractivity contribution in [3.05, 3.63) is 70.0 Å². The summed E-state index contributed by atoms with van der Waals surface area (Å²) >= 11 is 0. The molecule has 3 aromatic rings. The monoisotopic (exact) mass is 481 g/mol. The van der Waals surface area contributed by atoms with Gasteiger partial charge in [-0.05, 0) is 60.6 Å². The third-order valence-corrected chi connectivity index (χ3v) is 8.52. The number of hydrogen-bond acceptors (Lipinski definition) is 4. The fraction of sp³-hybridized carbons (Fsp3) is 0.385. The summed E-state index contributed by atoms with van der Waals surface area (Å²) in [7, 11) is -2.42. The second kappa shape index (κ2) is 9.25. The number of sulfonamides is 1. The summed E-state index contributed by atoms with van der Waals surface area (Å²) in [6, 6.07) is 11.8. The van der Waals surface area contributed by atoms with Crippen molar-refractivity contribution in [2.45, 2.75) is 44.4 Å². The fourth-order valence-electron chi connectivity index (χ4n) is 4.27. The van der Waals surface area contributed by atoms with Crippen LogP contribution in [0.5, 0.6) is 0 Å². The number of pyridine rings is 1. The largest absolute Gasteiger partial charge is 0.360 e. The third kappa shape index (κ3) is 4.46. The number of fused-ring (bicyclic) bond motifs is 1. The summed E-state index contributed by atoms with van der Waals surface area (Å²) in [5.41, 5.74) is 1.71. The van der Waals surface area contributed by atoms with Crippen LogP contribution in [0.15, 0.2) is 58.4 Å². The topological polar surface area (TPSA) is 90.6 Å². The number of hydrogen-bond donors (Lipinski definition) is 1. The average Bonchev–Trinajstić information content (AvgIpc) is 2.83. The molecule has 0 aliphatic carbocycles. The Kier molecular flexibility index (Phi) is 6.53. The van der Waals surface area contributed by atoms with E-state index in [-0.39, 0.29) is 21.8 Å². The van der Waals surface area contributed by atoms with Crippen LogP contribution in [0.1, 0.15) is 55.5 Å². The number of amides is 1. The molecule has 0 spiro atoms. The van der Waals surface area contributed by atoms with Crippen molar-refractivity contribution in [2.75, 3.05) is 24.4 Å². The van der Waals surface area contributed by atoms with Crippen molar-refractivity contribution in [1.82, 2.24) is 9.88 Å². The molecule has 0 unspecified atom stereocenters. The molecule has 1 fully saturated rings. The van der Waals surface area contributed by atoms with Crippen molar-refractivity contribution in [3.63, 3.8) is 0 Å². The van der Waals surface area contributed by atoms with E-state index in [1.165, 1.54) is 29.7 Å². The molecule has 1 aliphatic rings. The average molecular weight is 482 g/mol. The molecule has 1 amide bonds. The first kappa shape index (κ1) is 24.0. The lowest BCUT2D eigenvalue weighted by Gasteiger charge is -2.30. The van der Waals surface area contributed by atoms with Crippen LogP contribution in [-0.4, -0.2) is 44.3 Å². The summed E-state index contributed by atoms with van der Waals surface area (Å²) in [6.45, 7) is 7.54. The van der Waals surface area contributed by atoms with Crippen LogP contribution in [0.4, 0.5) is 5.69 Å². The lowest BCUT2D eigenvalue weighted by atomic mass is 9.98. The maximum absolute atomic E-state index is 13.3. The molecule has 2 heterocycles. The summed E-state index contributed by atoms with van der Waals surface area (Å²) in [6.07, 6.45) is 3.25. The van der Waals surface area contributed by atoms with Crippen LogP contribution in [-0.2, 0) is 10.0 Å². The number of aromatic amines is 1. The van der Waals surface area contributed by atoms with E-state index in [1.54, 1.807) is 23.1 Å². The van der Waals surface area contributed by atoms with E-state index < -0.39 is 15.5 Å². The van der Waals surface area contributed by atoms with Crippen LogP contribution in [0.2, 0.25) is 0 Å². The molecule has 0 bridgehead atoms. The molecule has 1 N–H and O–H groups in total. The predicted molar refractivity (Wildman–Crippen MR) is 135 cm³/mol. The molecular formula is C26H31N3O4S. The second-order valence-corrected chi connectivity index (χ2v) is 11.4. The Morgan fingerprint density at radius 2 is 1.74 bits per heavy atom. The van der Waals surface area contributed by atoms with Gasteiger partial charge in [-0.25, -0.2) is 8.42 Å². The molecule has 8 heteroatoms. The molecule has 1 aromatic heterocycles. The molecule has 0 radical (unpaired) electrons. The molecule has 1 saturated heterocycles. The van der Waals surface area contributed by atoms with Gasteiger partial charge in [-0.1, -0.05) is 32.9 Å². The summed E-state index contributed by atoms with van der Waals surface area (Å²) in [5.74, 6) is 0.587. The molecule has 0 atom stereocenters. The van der Waals surface area contributed by atoms with E-state index in [4.69, 9.17) is 0 Å². The van der Waals surface area contributed by atoms with Gasteiger partial charge in [0.2, 0.25) is 5.43 Å². The van der Waals surface area contributed by atoms with Gasteiger partial charge < -0.3 is 9.88 Å². The number of anilines is 1. The van der Waals surface area contributed by atoms with Gasteiger partial charge in [-0.3, -0.25) is 13.9 Å². The van der Waals surface area contributed by atoms with Crippen LogP contribution in [0.25, 0.3) is 10.9 Å². The van der Waals surface area contributed by atoms with Crippen LogP contribution < -0.4 is 9.73 Å². The zero-order valence-corrected chi connectivity index (χ0v) is 20.9. The van der Waals surface area contributed by atoms with Gasteiger partial charge in [0.25, 0.3) is 15.9 Å². The number of piperidine rings is 1. The van der Waals surface area contributed by atoms with Crippen molar-refractivity contribution < 1.29 is 13.2 Å². The Bertz CT molecular complexity index is 1370. The maximum atomic E-state index is 13.3. The zero-order valence-electron chi connectivity index (χ0n) is 20.0. The first-order valence-electron chi connectivity index (χ1n) is 11.6. The Morgan fingerprint density at radius 3 is 2.35 bits per heavy atom. The molecule has 34 heavy (non-hydrogen) atoms. The lowest BCUT2D eigenvalue weighted by Crippen LogP contribution is -2.40. The predicted octanol–water partition coefficient (Wildman–Crippen LogP) is 4.35. The van der Waals surface area contributed by atoms with Gasteiger partial charge in [0.05, 0.1) is 10.6 Å². The van der Waals surface area contributed by atoms with Gasteiger partial charge >= 0.3 is 0 Å². The minimum atomic E-state index is -3.91. The number of carbonyl (C=O) groups excluding carboxylic acids is 1. The smallest absolute Gasteiger partial charge is 0.264 e. The maximum Gasteiger partial charge on any atom is 0.264 e. The minimum Gasteiger partial charge on any atom is -0.360 e. The molecule has 4 rings (SSSR count). The van der Waals surface area contributed by atoms with Crippen molar-refractivity contribution in [1.29, 1.82) is 0 Å². The number of carbonyl (C=O) groups is 1. The normalized spacial score (nSPS) is 15.1. The van der Waals surface area contributed by atoms with E-state index in [9.17, 15) is 18.0 Å². The summed E-state index contributed by atoms with van der Waals surface area (Å²) in [5, 5.41) is 0.181. The van der Waals surface area contributed by atoms with E-state index in [1.807, 2.05) is 12.1 Å². The van der Waals surface area contributed by atoms with Crippen LogP contribution in [0, 0.1) is 5.92 Å². The first-order chi connectivity index (χ1) is 16.1. The molecular weight excluding hydrogens is 450 g/mol. The van der Waals surface area contributed by atoms with Gasteiger partial charge in [-0.2, -0.15) is 0 Å². The lowest BCUT2D eigenvalue weighted by molar-refractivity contribution is 0.0695. The number of likely N-dealkylation sites (tertiary alicyclic amines) is 1. The number of nitrogens with zero attached hydrogens (tertiary/aromatic N) is 2. The zero-order chi connectivity index (χ0) is 24.6. The van der Waals surface area contributed by atoms with Gasteiger partial charge in [0, 0.05) is 37.2 Å². The highest BCUT2D eigenvalue weighted by molar-refractivity contribution is 7.92. The molecule has 180 valence electrons. The van der Waals surface area contributed by atoms with E-state index in [0.717, 1.165) is 18.4 Å². The SMILES string of the molecule is CC1CCN(C(=O)c2c[nH]c3ccc(S(=O)(=O)N(C)c4ccc(C(C)C)cc4)cc3c2=O)CC1. The van der Waals surface area contributed by atoms with Crippen molar-refractivity contribution in [2.24, 2.45) is 5.92 Å². The van der Waals surface area contributed by atoms with Gasteiger partial charge in [0.15, 0.2) is 0 Å². The fourth-order valence-corrected chi connectivity index (χ4v) is 5.49. The Balaban J connectivity index is 1.68. The number of rotatable bonds is 5. The molecule has 2 aromatic carbocycles. The second-order valence-electron chi connectivity index (χ2n) is 9.43. The number of benzene rings is 2. The minimum absolute atomic E-state index is 0.00247. The molecule has 1 aliphatic heterocycles. The standard InChI is InChI=1S/C26H31N3O4S/c1-17(2)19-5-7-20(8-6-19)28(4)34(32,33)21-9-10-24-22(15-21)25(30)23(16-27-24)26(31)29-13-11-18(3)12-14-29/h5-10,15-18H,11-14H2,1-4H3,(H,27,30). The highest BCUT2D eigenvalue weighted by Gasteiger charge is 2.26. The Labute approximate surface area is 200 Å². The Morgan fingerprint density at radius 1 is 1.09 bits per heavy atom. The molecule has 7 nitrogen and oxygen atoms in total. The third-order valence-electron chi connectivity index (χ3n) is 6.74. The van der Waals surface area contributed by atoms with E-state index >= 15 is 0 Å². The highest BCUT2D eigenvalue weighted by Crippen LogP contribution is 2.26. The molecule has 0 saturated carbocycles. The number of aromatic nitrogens is 1. The van der Waals surface area contributed by atoms with Crippen LogP contribution in [0.3, 0.4) is 0 Å². The number of nitrogens with one attached hydrogen (secondary N) is 1. The van der Waals surface area contributed by atoms with Crippen molar-refractivity contribution >= 4 is 32.5 Å². The van der Waals surface area contributed by atoms with Gasteiger partial charge in [0.1, 0.15) is 5.56 Å². The highest BCUT2D eigenvalue weighted by atomic mass is 32.2. The van der Waals surface area contributed by atoms with Gasteiger partial charge in [-0.15, -0.1) is 0 Å². The summed E-state index contributed by atoms with van der Waals surface area (Å²) < 4.78 is 27.9. The Hall–Kier alpha value is -3.13. The summed E-state index contributed by atoms with van der Waals surface area (Å²) in [4.78, 5) is 30.9. The van der Waals surface area contributed by atoms with E-state index in [2.05, 4.69) is 25.8 Å². The quantitative estimate of drug-likeness (QED) is 0.587. The number of H-pyrrole nitrogens is 1. The first-order valence-corrected chi connectivity index (χ1v) is 13.1. The van der Waals surface area contributed by atoms with E-state index in [0.29, 0.717) is 36.1 Å².